The van der Waals surface area contributed by atoms with Crippen LogP contribution in [0.3, 0.4) is 0 Å². The zero-order chi connectivity index (χ0) is 22.2. The Labute approximate surface area is 215 Å². The lowest BCUT2D eigenvalue weighted by atomic mass is 10.0. The van der Waals surface area contributed by atoms with Crippen molar-refractivity contribution >= 4 is 35.8 Å². The molecule has 33 heavy (non-hydrogen) atoms. The first-order chi connectivity index (χ1) is 15.7. The number of likely N-dealkylation sites (tertiary alicyclic amines) is 1. The predicted molar refractivity (Wildman–Crippen MR) is 147 cm³/mol. The number of likely N-dealkylation sites (N-methyl/N-ethyl adjacent to an activating group) is 1. The minimum absolute atomic E-state index is 0. The van der Waals surface area contributed by atoms with E-state index in [4.69, 9.17) is 4.98 Å². The van der Waals surface area contributed by atoms with Crippen molar-refractivity contribution in [3.63, 3.8) is 0 Å². The summed E-state index contributed by atoms with van der Waals surface area (Å²) in [5, 5.41) is 7.06. The van der Waals surface area contributed by atoms with Crippen molar-refractivity contribution in [2.75, 3.05) is 58.3 Å². The Morgan fingerprint density at radius 1 is 0.970 bits per heavy atom. The number of nitrogens with one attached hydrogen (secondary N) is 2. The summed E-state index contributed by atoms with van der Waals surface area (Å²) in [6.45, 7) is 8.27. The third-order valence-corrected chi connectivity index (χ3v) is 6.50. The second kappa shape index (κ2) is 13.1. The molecule has 0 atom stereocenters. The average Bonchev–Trinajstić information content (AvgIpc) is 2.84. The van der Waals surface area contributed by atoms with E-state index in [1.807, 2.05) is 13.2 Å². The van der Waals surface area contributed by atoms with Crippen molar-refractivity contribution in [1.82, 2.24) is 25.4 Å². The molecule has 7 nitrogen and oxygen atoms in total. The van der Waals surface area contributed by atoms with Crippen molar-refractivity contribution in [2.45, 2.75) is 32.0 Å². The zero-order valence-corrected chi connectivity index (χ0v) is 22.2. The maximum absolute atomic E-state index is 4.69. The third kappa shape index (κ3) is 7.82. The summed E-state index contributed by atoms with van der Waals surface area (Å²) < 4.78 is 0. The monoisotopic (exact) mass is 563 g/mol. The topological polar surface area (TPSA) is 59.0 Å². The van der Waals surface area contributed by atoms with Crippen LogP contribution < -0.4 is 15.5 Å². The van der Waals surface area contributed by atoms with Gasteiger partial charge in [0.05, 0.1) is 0 Å². The van der Waals surface area contributed by atoms with Crippen LogP contribution in [0.4, 0.5) is 5.82 Å². The van der Waals surface area contributed by atoms with E-state index in [2.05, 4.69) is 79.8 Å². The number of rotatable bonds is 6. The molecule has 8 heteroatoms. The fraction of sp³-hybridized carbons (Fsp3) is 0.520. The number of nitrogens with zero attached hydrogens (tertiary/aromatic N) is 5. The summed E-state index contributed by atoms with van der Waals surface area (Å²) in [5.74, 6) is 1.95. The number of piperidine rings is 1. The summed E-state index contributed by atoms with van der Waals surface area (Å²) in [5.41, 5.74) is 2.56. The van der Waals surface area contributed by atoms with E-state index in [0.29, 0.717) is 6.04 Å². The van der Waals surface area contributed by atoms with Gasteiger partial charge in [-0.05, 0) is 37.1 Å². The van der Waals surface area contributed by atoms with Crippen LogP contribution >= 0.6 is 24.0 Å². The van der Waals surface area contributed by atoms with Gasteiger partial charge in [-0.15, -0.1) is 24.0 Å². The molecule has 0 spiro atoms. The molecule has 4 rings (SSSR count). The van der Waals surface area contributed by atoms with Crippen molar-refractivity contribution in [3.05, 3.63) is 59.8 Å². The van der Waals surface area contributed by atoms with E-state index in [9.17, 15) is 0 Å². The van der Waals surface area contributed by atoms with Crippen LogP contribution in [0.1, 0.15) is 24.0 Å². The summed E-state index contributed by atoms with van der Waals surface area (Å²) in [4.78, 5) is 16.4. The van der Waals surface area contributed by atoms with Gasteiger partial charge in [0.15, 0.2) is 5.96 Å². The quantitative estimate of drug-likeness (QED) is 0.321. The van der Waals surface area contributed by atoms with E-state index >= 15 is 0 Å². The first-order valence-electron chi connectivity index (χ1n) is 11.8. The minimum Gasteiger partial charge on any atom is -0.354 e. The molecule has 180 valence electrons. The Balaban J connectivity index is 0.00000306. The number of halogens is 1. The van der Waals surface area contributed by atoms with Crippen molar-refractivity contribution in [3.8, 4) is 0 Å². The minimum atomic E-state index is 0. The van der Waals surface area contributed by atoms with E-state index in [0.717, 1.165) is 77.0 Å². The number of anilines is 1. The lowest BCUT2D eigenvalue weighted by Gasteiger charge is -2.33. The maximum atomic E-state index is 4.69. The molecule has 1 aromatic carbocycles. The highest BCUT2D eigenvalue weighted by atomic mass is 127. The van der Waals surface area contributed by atoms with E-state index in [-0.39, 0.29) is 24.0 Å². The molecule has 2 aliphatic heterocycles. The molecule has 2 saturated heterocycles. The van der Waals surface area contributed by atoms with Crippen LogP contribution in [0, 0.1) is 0 Å². The van der Waals surface area contributed by atoms with E-state index < -0.39 is 0 Å². The van der Waals surface area contributed by atoms with Crippen LogP contribution in [0.5, 0.6) is 0 Å². The van der Waals surface area contributed by atoms with Crippen molar-refractivity contribution < 1.29 is 0 Å². The number of piperazine rings is 1. The van der Waals surface area contributed by atoms with Gasteiger partial charge in [0.2, 0.25) is 0 Å². The maximum Gasteiger partial charge on any atom is 0.191 e. The highest BCUT2D eigenvalue weighted by Crippen LogP contribution is 2.15. The van der Waals surface area contributed by atoms with Crippen LogP contribution in [0.2, 0.25) is 0 Å². The fourth-order valence-corrected chi connectivity index (χ4v) is 4.39. The van der Waals surface area contributed by atoms with Gasteiger partial charge in [0, 0.05) is 71.6 Å². The Hall–Kier alpha value is -1.91. The number of pyridine rings is 1. The van der Waals surface area contributed by atoms with Gasteiger partial charge in [-0.2, -0.15) is 0 Å². The average molecular weight is 564 g/mol. The van der Waals surface area contributed by atoms with E-state index in [1.54, 1.807) is 0 Å². The smallest absolute Gasteiger partial charge is 0.191 e. The molecular weight excluding hydrogens is 525 g/mol. The zero-order valence-electron chi connectivity index (χ0n) is 19.9. The number of hydrogen-bond donors (Lipinski definition) is 2. The Bertz CT molecular complexity index is 843. The number of guanidine groups is 1. The van der Waals surface area contributed by atoms with Gasteiger partial charge in [-0.1, -0.05) is 36.4 Å². The Morgan fingerprint density at radius 3 is 2.33 bits per heavy atom. The van der Waals surface area contributed by atoms with Gasteiger partial charge in [-0.25, -0.2) is 4.98 Å². The van der Waals surface area contributed by atoms with Gasteiger partial charge < -0.3 is 20.4 Å². The van der Waals surface area contributed by atoms with Gasteiger partial charge in [0.25, 0.3) is 0 Å². The molecule has 0 radical (unpaired) electrons. The summed E-state index contributed by atoms with van der Waals surface area (Å²) in [6, 6.07) is 15.5. The Kier molecular flexibility index (Phi) is 10.2. The largest absolute Gasteiger partial charge is 0.354 e. The lowest BCUT2D eigenvalue weighted by Crippen LogP contribution is -2.48. The van der Waals surface area contributed by atoms with Crippen molar-refractivity contribution in [2.24, 2.45) is 4.99 Å². The van der Waals surface area contributed by atoms with Gasteiger partial charge in [-0.3, -0.25) is 9.89 Å². The highest BCUT2D eigenvalue weighted by molar-refractivity contribution is 14.0. The molecular formula is C25H38IN7. The summed E-state index contributed by atoms with van der Waals surface area (Å²) in [6.07, 6.45) is 4.25. The molecule has 3 heterocycles. The highest BCUT2D eigenvalue weighted by Gasteiger charge is 2.20. The predicted octanol–water partition coefficient (Wildman–Crippen LogP) is 2.78. The number of benzene rings is 1. The number of aliphatic imine (C=N–C) groups is 1. The fourth-order valence-electron chi connectivity index (χ4n) is 4.39. The van der Waals surface area contributed by atoms with Crippen LogP contribution in [-0.4, -0.2) is 80.1 Å². The van der Waals surface area contributed by atoms with E-state index in [1.165, 1.54) is 11.1 Å². The van der Waals surface area contributed by atoms with Crippen LogP contribution in [-0.2, 0) is 13.1 Å². The normalized spacial score (nSPS) is 18.6. The third-order valence-electron chi connectivity index (χ3n) is 6.50. The molecule has 0 bridgehead atoms. The summed E-state index contributed by atoms with van der Waals surface area (Å²) in [7, 11) is 4.02. The molecule has 2 fully saturated rings. The Morgan fingerprint density at radius 2 is 1.70 bits per heavy atom. The van der Waals surface area contributed by atoms with Gasteiger partial charge >= 0.3 is 0 Å². The summed E-state index contributed by atoms with van der Waals surface area (Å²) >= 11 is 0. The standard InChI is InChI=1S/C25H37N7.HI/c1-26-25(29-23-10-12-31(13-11-23)20-21-6-4-3-5-7-21)28-19-22-8-9-24(27-18-22)32-16-14-30(2)15-17-32;/h3-9,18,23H,10-17,19-20H2,1-2H3,(H2,26,28,29);1H. The van der Waals surface area contributed by atoms with Gasteiger partial charge in [0.1, 0.15) is 5.82 Å². The molecule has 0 unspecified atom stereocenters. The number of aromatic nitrogens is 1. The first kappa shape index (κ1) is 25.7. The van der Waals surface area contributed by atoms with Crippen LogP contribution in [0.25, 0.3) is 0 Å². The van der Waals surface area contributed by atoms with Crippen LogP contribution in [0.15, 0.2) is 53.7 Å². The molecule has 1 aromatic heterocycles. The SMILES string of the molecule is CN=C(NCc1ccc(N2CCN(C)CC2)nc1)NC1CCN(Cc2ccccc2)CC1.I. The van der Waals surface area contributed by atoms with Crippen molar-refractivity contribution in [1.29, 1.82) is 0 Å². The number of hydrogen-bond acceptors (Lipinski definition) is 5. The lowest BCUT2D eigenvalue weighted by molar-refractivity contribution is 0.198. The molecule has 2 N–H and O–H groups in total. The molecule has 0 aliphatic carbocycles. The first-order valence-corrected chi connectivity index (χ1v) is 11.8. The molecule has 0 saturated carbocycles. The molecule has 2 aromatic rings. The molecule has 2 aliphatic rings. The second-order valence-corrected chi connectivity index (χ2v) is 8.92. The molecule has 0 amide bonds. The second-order valence-electron chi connectivity index (χ2n) is 8.92.